The van der Waals surface area contributed by atoms with Crippen LogP contribution in [0.1, 0.15) is 11.1 Å². The molecule has 1 amide bonds. The molecule has 24 heavy (non-hydrogen) atoms. The quantitative estimate of drug-likeness (QED) is 0.740. The number of aldehydes is 1. The highest BCUT2D eigenvalue weighted by molar-refractivity contribution is 9.10. The van der Waals surface area contributed by atoms with Crippen LogP contribution in [-0.2, 0) is 27.2 Å². The molecule has 3 rings (SSSR count). The van der Waals surface area contributed by atoms with E-state index in [2.05, 4.69) is 15.9 Å². The van der Waals surface area contributed by atoms with Gasteiger partial charge < -0.3 is 9.64 Å². The first-order valence-electron chi connectivity index (χ1n) is 7.84. The summed E-state index contributed by atoms with van der Waals surface area (Å²) >= 11 is 3.38. The third kappa shape index (κ3) is 3.91. The SMILES string of the molecule is O=CC1OC[C@@H](Cc2ccccc2)N1C(=O)Cc1ccc(Br)cc1. The van der Waals surface area contributed by atoms with Crippen molar-refractivity contribution in [1.29, 1.82) is 0 Å². The average molecular weight is 388 g/mol. The van der Waals surface area contributed by atoms with Gasteiger partial charge in [-0.15, -0.1) is 0 Å². The van der Waals surface area contributed by atoms with Gasteiger partial charge in [-0.05, 0) is 29.7 Å². The van der Waals surface area contributed by atoms with Crippen molar-refractivity contribution in [2.24, 2.45) is 0 Å². The van der Waals surface area contributed by atoms with Crippen LogP contribution in [0.3, 0.4) is 0 Å². The molecule has 0 N–H and O–H groups in total. The number of carbonyl (C=O) groups excluding carboxylic acids is 2. The molecule has 124 valence electrons. The molecule has 1 heterocycles. The summed E-state index contributed by atoms with van der Waals surface area (Å²) in [6.07, 6.45) is 0.843. The largest absolute Gasteiger partial charge is 0.349 e. The lowest BCUT2D eigenvalue weighted by Gasteiger charge is -2.26. The zero-order chi connectivity index (χ0) is 16.9. The third-order valence-electron chi connectivity index (χ3n) is 4.11. The Morgan fingerprint density at radius 3 is 2.50 bits per heavy atom. The summed E-state index contributed by atoms with van der Waals surface area (Å²) in [6, 6.07) is 17.4. The number of halogens is 1. The van der Waals surface area contributed by atoms with E-state index in [0.29, 0.717) is 19.3 Å². The standard InChI is InChI=1S/C19H18BrNO3/c20-16-8-6-15(7-9-16)11-18(23)21-17(13-24-19(21)12-22)10-14-4-2-1-3-5-14/h1-9,12,17,19H,10-11,13H2/t17-,19?/m1/s1. The Kier molecular flexibility index (Phi) is 5.43. The van der Waals surface area contributed by atoms with E-state index in [-0.39, 0.29) is 18.4 Å². The van der Waals surface area contributed by atoms with Crippen molar-refractivity contribution >= 4 is 28.1 Å². The second kappa shape index (κ2) is 7.73. The van der Waals surface area contributed by atoms with Crippen molar-refractivity contribution in [3.63, 3.8) is 0 Å². The van der Waals surface area contributed by atoms with Crippen LogP contribution in [0.5, 0.6) is 0 Å². The Bertz CT molecular complexity index is 702. The lowest BCUT2D eigenvalue weighted by Crippen LogP contribution is -2.44. The maximum absolute atomic E-state index is 12.7. The van der Waals surface area contributed by atoms with Crippen molar-refractivity contribution in [1.82, 2.24) is 4.90 Å². The molecule has 1 saturated heterocycles. The van der Waals surface area contributed by atoms with Crippen molar-refractivity contribution < 1.29 is 14.3 Å². The van der Waals surface area contributed by atoms with Crippen LogP contribution in [0.2, 0.25) is 0 Å². The summed E-state index contributed by atoms with van der Waals surface area (Å²) in [6.45, 7) is 0.379. The van der Waals surface area contributed by atoms with Crippen molar-refractivity contribution in [2.45, 2.75) is 25.1 Å². The normalized spacial score (nSPS) is 20.1. The van der Waals surface area contributed by atoms with Gasteiger partial charge in [0.1, 0.15) is 0 Å². The van der Waals surface area contributed by atoms with Gasteiger partial charge in [0.25, 0.3) is 0 Å². The molecule has 0 bridgehead atoms. The van der Waals surface area contributed by atoms with Crippen LogP contribution in [0.4, 0.5) is 0 Å². The van der Waals surface area contributed by atoms with E-state index >= 15 is 0 Å². The summed E-state index contributed by atoms with van der Waals surface area (Å²) in [4.78, 5) is 25.6. The van der Waals surface area contributed by atoms with Gasteiger partial charge in [-0.2, -0.15) is 0 Å². The molecule has 4 nitrogen and oxygen atoms in total. The number of nitrogens with zero attached hydrogens (tertiary/aromatic N) is 1. The highest BCUT2D eigenvalue weighted by atomic mass is 79.9. The molecular formula is C19H18BrNO3. The molecule has 1 aliphatic heterocycles. The van der Waals surface area contributed by atoms with Gasteiger partial charge in [-0.25, -0.2) is 0 Å². The Morgan fingerprint density at radius 2 is 1.83 bits per heavy atom. The number of rotatable bonds is 5. The second-order valence-corrected chi connectivity index (χ2v) is 6.72. The number of hydrogen-bond donors (Lipinski definition) is 0. The van der Waals surface area contributed by atoms with Crippen LogP contribution in [-0.4, -0.2) is 36.0 Å². The molecule has 2 aromatic rings. The van der Waals surface area contributed by atoms with Crippen LogP contribution >= 0.6 is 15.9 Å². The van der Waals surface area contributed by atoms with Gasteiger partial charge in [0.15, 0.2) is 12.5 Å². The van der Waals surface area contributed by atoms with E-state index in [4.69, 9.17) is 4.74 Å². The second-order valence-electron chi connectivity index (χ2n) is 5.81. The number of amides is 1. The van der Waals surface area contributed by atoms with E-state index < -0.39 is 6.23 Å². The Morgan fingerprint density at radius 1 is 1.12 bits per heavy atom. The van der Waals surface area contributed by atoms with E-state index in [1.165, 1.54) is 0 Å². The predicted octanol–water partition coefficient (Wildman–Crippen LogP) is 2.99. The lowest BCUT2D eigenvalue weighted by molar-refractivity contribution is -0.141. The first-order valence-corrected chi connectivity index (χ1v) is 8.63. The molecule has 0 radical (unpaired) electrons. The Hall–Kier alpha value is -1.98. The van der Waals surface area contributed by atoms with Crippen molar-refractivity contribution in [2.75, 3.05) is 6.61 Å². The topological polar surface area (TPSA) is 46.6 Å². The molecular weight excluding hydrogens is 370 g/mol. The molecule has 0 aliphatic carbocycles. The maximum atomic E-state index is 12.7. The van der Waals surface area contributed by atoms with Crippen molar-refractivity contribution in [3.8, 4) is 0 Å². The summed E-state index contributed by atoms with van der Waals surface area (Å²) < 4.78 is 6.48. The number of carbonyl (C=O) groups is 2. The van der Waals surface area contributed by atoms with Crippen LogP contribution in [0.15, 0.2) is 59.1 Å². The zero-order valence-electron chi connectivity index (χ0n) is 13.1. The Labute approximate surface area is 149 Å². The summed E-state index contributed by atoms with van der Waals surface area (Å²) in [5.74, 6) is -0.0900. The average Bonchev–Trinajstić information content (AvgIpc) is 3.00. The fourth-order valence-corrected chi connectivity index (χ4v) is 3.20. The first-order chi connectivity index (χ1) is 11.7. The smallest absolute Gasteiger partial charge is 0.229 e. The third-order valence-corrected chi connectivity index (χ3v) is 4.64. The molecule has 1 fully saturated rings. The molecule has 0 aromatic heterocycles. The summed E-state index contributed by atoms with van der Waals surface area (Å²) in [5, 5.41) is 0. The monoisotopic (exact) mass is 387 g/mol. The predicted molar refractivity (Wildman–Crippen MR) is 94.4 cm³/mol. The van der Waals surface area contributed by atoms with Crippen LogP contribution < -0.4 is 0 Å². The van der Waals surface area contributed by atoms with Crippen LogP contribution in [0, 0.1) is 0 Å². The minimum Gasteiger partial charge on any atom is -0.349 e. The number of benzene rings is 2. The lowest BCUT2D eigenvalue weighted by atomic mass is 10.0. The molecule has 0 saturated carbocycles. The fourth-order valence-electron chi connectivity index (χ4n) is 2.94. The molecule has 1 aliphatic rings. The molecule has 2 atom stereocenters. The molecule has 0 spiro atoms. The zero-order valence-corrected chi connectivity index (χ0v) is 14.7. The van der Waals surface area contributed by atoms with Gasteiger partial charge in [-0.3, -0.25) is 9.59 Å². The van der Waals surface area contributed by atoms with E-state index in [1.54, 1.807) is 4.90 Å². The number of ether oxygens (including phenoxy) is 1. The van der Waals surface area contributed by atoms with Gasteiger partial charge in [-0.1, -0.05) is 58.4 Å². The molecule has 1 unspecified atom stereocenters. The minimum absolute atomic E-state index is 0.0900. The maximum Gasteiger partial charge on any atom is 0.229 e. The fraction of sp³-hybridized carbons (Fsp3) is 0.263. The number of hydrogen-bond acceptors (Lipinski definition) is 3. The molecule has 5 heteroatoms. The van der Waals surface area contributed by atoms with Crippen LogP contribution in [0.25, 0.3) is 0 Å². The Balaban J connectivity index is 1.74. The first kappa shape index (κ1) is 16.9. The van der Waals surface area contributed by atoms with E-state index in [9.17, 15) is 9.59 Å². The molecule has 2 aromatic carbocycles. The van der Waals surface area contributed by atoms with Gasteiger partial charge >= 0.3 is 0 Å². The van der Waals surface area contributed by atoms with Gasteiger partial charge in [0.2, 0.25) is 5.91 Å². The minimum atomic E-state index is -0.790. The highest BCUT2D eigenvalue weighted by Crippen LogP contribution is 2.21. The van der Waals surface area contributed by atoms with E-state index in [1.807, 2.05) is 54.6 Å². The highest BCUT2D eigenvalue weighted by Gasteiger charge is 2.37. The van der Waals surface area contributed by atoms with Gasteiger partial charge in [0, 0.05) is 4.47 Å². The van der Waals surface area contributed by atoms with Gasteiger partial charge in [0.05, 0.1) is 19.1 Å². The summed E-state index contributed by atoms with van der Waals surface area (Å²) in [7, 11) is 0. The summed E-state index contributed by atoms with van der Waals surface area (Å²) in [5.41, 5.74) is 2.04. The van der Waals surface area contributed by atoms with Crippen molar-refractivity contribution in [3.05, 3.63) is 70.2 Å². The van der Waals surface area contributed by atoms with E-state index in [0.717, 1.165) is 15.6 Å².